The molecule has 2 saturated heterocycles. The Labute approximate surface area is 244 Å². The molecule has 212 valence electrons. The molecule has 2 aliphatic heterocycles. The lowest BCUT2D eigenvalue weighted by Crippen LogP contribution is -2.48. The van der Waals surface area contributed by atoms with E-state index in [9.17, 15) is 24.3 Å². The van der Waals surface area contributed by atoms with Gasteiger partial charge in [0.05, 0.1) is 34.5 Å². The summed E-state index contributed by atoms with van der Waals surface area (Å²) in [5.74, 6) is -3.55. The zero-order chi connectivity index (χ0) is 29.3. The van der Waals surface area contributed by atoms with Gasteiger partial charge in [-0.3, -0.25) is 24.1 Å². The molecule has 6 atom stereocenters. The van der Waals surface area contributed by atoms with Crippen LogP contribution in [0.1, 0.15) is 43.7 Å². The number of amides is 4. The van der Waals surface area contributed by atoms with E-state index in [1.807, 2.05) is 43.3 Å². The van der Waals surface area contributed by atoms with Crippen molar-refractivity contribution in [3.8, 4) is 5.75 Å². The molecule has 2 aliphatic carbocycles. The van der Waals surface area contributed by atoms with Gasteiger partial charge in [-0.25, -0.2) is 4.90 Å². The normalized spacial score (nSPS) is 30.2. The van der Waals surface area contributed by atoms with Gasteiger partial charge in [-0.1, -0.05) is 61.0 Å². The third-order valence-corrected chi connectivity index (χ3v) is 10.1. The highest BCUT2D eigenvalue weighted by Crippen LogP contribution is 2.63. The number of imide groups is 2. The third kappa shape index (κ3) is 3.58. The highest BCUT2D eigenvalue weighted by Gasteiger charge is 2.67. The number of anilines is 2. The molecule has 1 saturated carbocycles. The lowest BCUT2D eigenvalue weighted by Gasteiger charge is -2.49. The molecule has 4 amide bonds. The third-order valence-electron chi connectivity index (χ3n) is 10.1. The molecule has 4 aliphatic rings. The fraction of sp³-hybridized carbons (Fsp3) is 0.314. The molecule has 7 rings (SSSR count). The standard InChI is InChI=1S/C35H32N2O5/c1-3-20-9-13-23(14-10-20)36-31(39)26-18-17-25-27(29(26)33(36)41)19-28-32(40)37(22-7-5-4-6-8-22)34(42)35(28,2)30(25)21-11-15-24(38)16-12-21/h4-17,26-30,38H,3,18-19H2,1-2H3/t26-,27+,28-,29-,30-,35+/m0/s1. The van der Waals surface area contributed by atoms with Crippen molar-refractivity contribution in [2.75, 3.05) is 9.80 Å². The lowest BCUT2D eigenvalue weighted by atomic mass is 9.51. The Bertz CT molecular complexity index is 1640. The van der Waals surface area contributed by atoms with Gasteiger partial charge >= 0.3 is 0 Å². The van der Waals surface area contributed by atoms with E-state index in [-0.39, 0.29) is 35.3 Å². The fourth-order valence-corrected chi connectivity index (χ4v) is 8.02. The van der Waals surface area contributed by atoms with Crippen LogP contribution in [0.25, 0.3) is 0 Å². The minimum Gasteiger partial charge on any atom is -0.508 e. The number of benzene rings is 3. The van der Waals surface area contributed by atoms with Gasteiger partial charge in [-0.15, -0.1) is 0 Å². The molecule has 2 heterocycles. The number of phenolic OH excluding ortho intramolecular Hbond substituents is 1. The Morgan fingerprint density at radius 3 is 2.12 bits per heavy atom. The van der Waals surface area contributed by atoms with Crippen molar-refractivity contribution in [2.45, 2.75) is 39.0 Å². The number of phenols is 1. The van der Waals surface area contributed by atoms with Crippen molar-refractivity contribution < 1.29 is 24.3 Å². The summed E-state index contributed by atoms with van der Waals surface area (Å²) in [6.07, 6.45) is 3.61. The van der Waals surface area contributed by atoms with Crippen molar-refractivity contribution >= 4 is 35.0 Å². The maximum atomic E-state index is 14.3. The average Bonchev–Trinajstić information content (AvgIpc) is 3.37. The average molecular weight is 561 g/mol. The van der Waals surface area contributed by atoms with Crippen molar-refractivity contribution in [1.82, 2.24) is 0 Å². The summed E-state index contributed by atoms with van der Waals surface area (Å²) in [5.41, 5.74) is 2.85. The highest BCUT2D eigenvalue weighted by molar-refractivity contribution is 6.25. The minimum absolute atomic E-state index is 0.103. The number of carbonyl (C=O) groups is 4. The monoisotopic (exact) mass is 560 g/mol. The predicted molar refractivity (Wildman–Crippen MR) is 157 cm³/mol. The second kappa shape index (κ2) is 9.51. The number of para-hydroxylation sites is 1. The van der Waals surface area contributed by atoms with Crippen LogP contribution < -0.4 is 9.80 Å². The Morgan fingerprint density at radius 2 is 1.45 bits per heavy atom. The molecule has 7 nitrogen and oxygen atoms in total. The summed E-state index contributed by atoms with van der Waals surface area (Å²) in [5, 5.41) is 10.0. The van der Waals surface area contributed by atoms with Crippen LogP contribution in [0.5, 0.6) is 5.75 Å². The Morgan fingerprint density at radius 1 is 0.786 bits per heavy atom. The van der Waals surface area contributed by atoms with Gasteiger partial charge in [-0.05, 0) is 79.6 Å². The van der Waals surface area contributed by atoms with Gasteiger partial charge in [0, 0.05) is 5.92 Å². The van der Waals surface area contributed by atoms with E-state index < -0.39 is 29.1 Å². The summed E-state index contributed by atoms with van der Waals surface area (Å²) < 4.78 is 0. The van der Waals surface area contributed by atoms with E-state index in [0.29, 0.717) is 24.2 Å². The summed E-state index contributed by atoms with van der Waals surface area (Å²) in [6, 6.07) is 23.3. The van der Waals surface area contributed by atoms with Gasteiger partial charge in [0.25, 0.3) is 0 Å². The first-order chi connectivity index (χ1) is 20.3. The minimum atomic E-state index is -1.10. The number of hydrogen-bond donors (Lipinski definition) is 1. The topological polar surface area (TPSA) is 95.0 Å². The summed E-state index contributed by atoms with van der Waals surface area (Å²) >= 11 is 0. The Hall–Kier alpha value is -4.52. The SMILES string of the molecule is CCc1ccc(N2C(=O)[C@H]3[C@H](CC=C4[C@H]3C[C@H]3C(=O)N(c5ccccc5)C(=O)[C@@]3(C)[C@H]4c3ccc(O)cc3)C2=O)cc1. The maximum absolute atomic E-state index is 14.3. The second-order valence-electron chi connectivity index (χ2n) is 12.1. The van der Waals surface area contributed by atoms with Crippen LogP contribution >= 0.6 is 0 Å². The van der Waals surface area contributed by atoms with Gasteiger partial charge in [0.1, 0.15) is 5.75 Å². The summed E-state index contributed by atoms with van der Waals surface area (Å²) in [6.45, 7) is 3.92. The first kappa shape index (κ1) is 26.4. The van der Waals surface area contributed by atoms with Crippen molar-refractivity contribution in [3.05, 3.63) is 102 Å². The maximum Gasteiger partial charge on any atom is 0.241 e. The van der Waals surface area contributed by atoms with E-state index in [0.717, 1.165) is 23.1 Å². The molecule has 42 heavy (non-hydrogen) atoms. The number of fused-ring (bicyclic) bond motifs is 4. The first-order valence-electron chi connectivity index (χ1n) is 14.6. The fourth-order valence-electron chi connectivity index (χ4n) is 8.02. The number of aromatic hydroxyl groups is 1. The van der Waals surface area contributed by atoms with E-state index >= 15 is 0 Å². The van der Waals surface area contributed by atoms with E-state index in [1.165, 1.54) is 9.80 Å². The smallest absolute Gasteiger partial charge is 0.241 e. The molecular weight excluding hydrogens is 528 g/mol. The Kier molecular flexibility index (Phi) is 5.98. The van der Waals surface area contributed by atoms with Crippen LogP contribution in [0, 0.1) is 29.1 Å². The predicted octanol–water partition coefficient (Wildman–Crippen LogP) is 5.39. The van der Waals surface area contributed by atoms with Gasteiger partial charge in [-0.2, -0.15) is 0 Å². The molecule has 0 bridgehead atoms. The lowest BCUT2D eigenvalue weighted by molar-refractivity contribution is -0.131. The molecule has 3 aromatic rings. The number of rotatable bonds is 4. The van der Waals surface area contributed by atoms with E-state index in [1.54, 1.807) is 48.5 Å². The zero-order valence-corrected chi connectivity index (χ0v) is 23.6. The molecule has 0 radical (unpaired) electrons. The van der Waals surface area contributed by atoms with Gasteiger partial charge in [0.2, 0.25) is 23.6 Å². The molecule has 7 heteroatoms. The van der Waals surface area contributed by atoms with Crippen molar-refractivity contribution in [1.29, 1.82) is 0 Å². The second-order valence-corrected chi connectivity index (χ2v) is 12.1. The molecule has 1 N–H and O–H groups in total. The van der Waals surface area contributed by atoms with Crippen LogP contribution in [-0.4, -0.2) is 28.7 Å². The van der Waals surface area contributed by atoms with Crippen LogP contribution in [0.15, 0.2) is 90.5 Å². The largest absolute Gasteiger partial charge is 0.508 e. The number of carbonyl (C=O) groups excluding carboxylic acids is 4. The zero-order valence-electron chi connectivity index (χ0n) is 23.6. The summed E-state index contributed by atoms with van der Waals surface area (Å²) in [4.78, 5) is 59.0. The Balaban J connectivity index is 1.34. The molecule has 3 aromatic carbocycles. The number of hydrogen-bond acceptors (Lipinski definition) is 5. The highest BCUT2D eigenvalue weighted by atomic mass is 16.3. The molecule has 0 aromatic heterocycles. The van der Waals surface area contributed by atoms with E-state index in [4.69, 9.17) is 0 Å². The molecule has 0 unspecified atom stereocenters. The molecule has 3 fully saturated rings. The van der Waals surface area contributed by atoms with Crippen LogP contribution in [-0.2, 0) is 25.6 Å². The first-order valence-corrected chi connectivity index (χ1v) is 14.6. The summed E-state index contributed by atoms with van der Waals surface area (Å²) in [7, 11) is 0. The van der Waals surface area contributed by atoms with Crippen LogP contribution in [0.3, 0.4) is 0 Å². The van der Waals surface area contributed by atoms with Gasteiger partial charge in [0.15, 0.2) is 0 Å². The molecular formula is C35H32N2O5. The number of allylic oxidation sites excluding steroid dienone is 2. The van der Waals surface area contributed by atoms with E-state index in [2.05, 4.69) is 6.92 Å². The number of aryl methyl sites for hydroxylation is 1. The van der Waals surface area contributed by atoms with Gasteiger partial charge < -0.3 is 5.11 Å². The van der Waals surface area contributed by atoms with Crippen LogP contribution in [0.4, 0.5) is 11.4 Å². The van der Waals surface area contributed by atoms with Crippen molar-refractivity contribution in [2.24, 2.45) is 29.1 Å². The quantitative estimate of drug-likeness (QED) is 0.341. The number of nitrogens with zero attached hydrogens (tertiary/aromatic N) is 2. The van der Waals surface area contributed by atoms with Crippen molar-refractivity contribution in [3.63, 3.8) is 0 Å². The molecule has 0 spiro atoms. The van der Waals surface area contributed by atoms with Crippen LogP contribution in [0.2, 0.25) is 0 Å².